The fourth-order valence-corrected chi connectivity index (χ4v) is 2.26. The second kappa shape index (κ2) is 7.60. The van der Waals surface area contributed by atoms with Crippen LogP contribution in [0.5, 0.6) is 0 Å². The molecule has 1 rings (SSSR count). The lowest BCUT2D eigenvalue weighted by Gasteiger charge is -2.13. The van der Waals surface area contributed by atoms with Crippen LogP contribution in [0.4, 0.5) is 0 Å². The lowest BCUT2D eigenvalue weighted by atomic mass is 10.1. The summed E-state index contributed by atoms with van der Waals surface area (Å²) in [5.41, 5.74) is 3.09. The molecule has 84 valence electrons. The molecule has 2 nitrogen and oxygen atoms in total. The Bertz CT molecular complexity index is 257. The van der Waals surface area contributed by atoms with Gasteiger partial charge in [-0.3, -0.25) is 0 Å². The molecule has 0 aliphatic carbocycles. The summed E-state index contributed by atoms with van der Waals surface area (Å²) >= 11 is 1.67. The number of nitrogens with one attached hydrogen (secondary N) is 1. The number of rotatable bonds is 8. The molecule has 0 aromatic carbocycles. The van der Waals surface area contributed by atoms with Gasteiger partial charge in [-0.15, -0.1) is 17.9 Å². The zero-order chi connectivity index (χ0) is 10.9. The first kappa shape index (κ1) is 12.4. The van der Waals surface area contributed by atoms with E-state index in [0.717, 1.165) is 6.42 Å². The van der Waals surface area contributed by atoms with Crippen LogP contribution >= 0.6 is 11.3 Å². The average Bonchev–Trinajstić information content (AvgIpc) is 2.77. The Balaban J connectivity index is 2.20. The van der Waals surface area contributed by atoms with Crippen molar-refractivity contribution in [2.24, 2.45) is 0 Å². The largest absolute Gasteiger partial charge is 0.312 e. The molecule has 1 aromatic rings. The summed E-state index contributed by atoms with van der Waals surface area (Å²) in [6.45, 7) is 3.73. The molecule has 0 saturated heterocycles. The van der Waals surface area contributed by atoms with Crippen molar-refractivity contribution in [1.82, 2.24) is 10.3 Å². The van der Waals surface area contributed by atoms with Crippen molar-refractivity contribution >= 4 is 11.3 Å². The molecule has 1 atom stereocenters. The van der Waals surface area contributed by atoms with E-state index in [4.69, 9.17) is 0 Å². The highest BCUT2D eigenvalue weighted by molar-refractivity contribution is 7.07. The van der Waals surface area contributed by atoms with Crippen LogP contribution in [0.3, 0.4) is 0 Å². The minimum atomic E-state index is 0.431. The number of nitrogens with zero attached hydrogens (tertiary/aromatic N) is 1. The number of hydrogen-bond donors (Lipinski definition) is 1. The first-order chi connectivity index (χ1) is 7.38. The third-order valence-corrected chi connectivity index (χ3v) is 3.16. The fraction of sp³-hybridized carbons (Fsp3) is 0.583. The van der Waals surface area contributed by atoms with E-state index in [9.17, 15) is 0 Å². The smallest absolute Gasteiger partial charge is 0.0795 e. The van der Waals surface area contributed by atoms with Gasteiger partial charge < -0.3 is 5.32 Å². The maximum Gasteiger partial charge on any atom is 0.0795 e. The number of hydrogen-bond acceptors (Lipinski definition) is 3. The van der Waals surface area contributed by atoms with Gasteiger partial charge in [0.2, 0.25) is 0 Å². The highest BCUT2D eigenvalue weighted by Gasteiger charge is 2.09. The van der Waals surface area contributed by atoms with Crippen LogP contribution < -0.4 is 5.32 Å². The first-order valence-corrected chi connectivity index (χ1v) is 6.49. The van der Waals surface area contributed by atoms with Gasteiger partial charge in [-0.05, 0) is 26.3 Å². The highest BCUT2D eigenvalue weighted by Crippen LogP contribution is 2.19. The summed E-state index contributed by atoms with van der Waals surface area (Å²) in [5.74, 6) is 0. The van der Waals surface area contributed by atoms with Crippen LogP contribution in [0, 0.1) is 0 Å². The average molecular weight is 224 g/mol. The van der Waals surface area contributed by atoms with Gasteiger partial charge in [0, 0.05) is 5.38 Å². The van der Waals surface area contributed by atoms with Crippen molar-refractivity contribution in [2.45, 2.75) is 38.1 Å². The lowest BCUT2D eigenvalue weighted by molar-refractivity contribution is 0.500. The van der Waals surface area contributed by atoms with Crippen molar-refractivity contribution in [3.63, 3.8) is 0 Å². The number of unbranched alkanes of at least 4 members (excludes halogenated alkanes) is 3. The quantitative estimate of drug-likeness (QED) is 0.539. The van der Waals surface area contributed by atoms with E-state index in [1.165, 1.54) is 31.4 Å². The Hall–Kier alpha value is -0.670. The topological polar surface area (TPSA) is 24.9 Å². The van der Waals surface area contributed by atoms with Crippen LogP contribution in [0.25, 0.3) is 0 Å². The van der Waals surface area contributed by atoms with E-state index in [2.05, 4.69) is 22.3 Å². The molecule has 0 aliphatic heterocycles. The zero-order valence-corrected chi connectivity index (χ0v) is 10.2. The molecule has 3 heteroatoms. The Morgan fingerprint density at radius 2 is 2.40 bits per heavy atom. The van der Waals surface area contributed by atoms with Crippen molar-refractivity contribution in [2.75, 3.05) is 7.05 Å². The van der Waals surface area contributed by atoms with Crippen molar-refractivity contribution in [1.29, 1.82) is 0 Å². The molecule has 0 radical (unpaired) electrons. The molecule has 1 N–H and O–H groups in total. The Kier molecular flexibility index (Phi) is 6.28. The van der Waals surface area contributed by atoms with Gasteiger partial charge in [-0.2, -0.15) is 0 Å². The van der Waals surface area contributed by atoms with Gasteiger partial charge in [0.25, 0.3) is 0 Å². The molecule has 0 amide bonds. The monoisotopic (exact) mass is 224 g/mol. The molecule has 0 saturated carbocycles. The SMILES string of the molecule is C=CCCCCCC(NC)c1cscn1. The van der Waals surface area contributed by atoms with E-state index in [1.54, 1.807) is 11.3 Å². The van der Waals surface area contributed by atoms with Gasteiger partial charge in [0.1, 0.15) is 0 Å². The van der Waals surface area contributed by atoms with Crippen molar-refractivity contribution < 1.29 is 0 Å². The van der Waals surface area contributed by atoms with Crippen LogP contribution in [0.1, 0.15) is 43.8 Å². The van der Waals surface area contributed by atoms with E-state index >= 15 is 0 Å². The van der Waals surface area contributed by atoms with E-state index in [-0.39, 0.29) is 0 Å². The molecule has 0 spiro atoms. The molecule has 0 bridgehead atoms. The minimum Gasteiger partial charge on any atom is -0.312 e. The summed E-state index contributed by atoms with van der Waals surface area (Å²) in [7, 11) is 2.01. The molecule has 1 unspecified atom stereocenters. The fourth-order valence-electron chi connectivity index (χ4n) is 1.65. The lowest BCUT2D eigenvalue weighted by Crippen LogP contribution is -2.16. The number of allylic oxidation sites excluding steroid dienone is 1. The van der Waals surface area contributed by atoms with E-state index in [1.807, 2.05) is 18.6 Å². The Morgan fingerprint density at radius 1 is 1.53 bits per heavy atom. The van der Waals surface area contributed by atoms with Crippen molar-refractivity contribution in [3.05, 3.63) is 29.2 Å². The summed E-state index contributed by atoms with van der Waals surface area (Å²) in [6.07, 6.45) is 8.12. The third kappa shape index (κ3) is 4.58. The van der Waals surface area contributed by atoms with Crippen LogP contribution in [0.15, 0.2) is 23.5 Å². The molecular formula is C12H20N2S. The first-order valence-electron chi connectivity index (χ1n) is 5.54. The van der Waals surface area contributed by atoms with Gasteiger partial charge in [0.05, 0.1) is 17.2 Å². The molecule has 1 aromatic heterocycles. The number of aromatic nitrogens is 1. The van der Waals surface area contributed by atoms with Gasteiger partial charge in [0.15, 0.2) is 0 Å². The second-order valence-corrected chi connectivity index (χ2v) is 4.40. The van der Waals surface area contributed by atoms with Crippen LogP contribution in [-0.4, -0.2) is 12.0 Å². The Morgan fingerprint density at radius 3 is 3.00 bits per heavy atom. The van der Waals surface area contributed by atoms with Crippen molar-refractivity contribution in [3.8, 4) is 0 Å². The van der Waals surface area contributed by atoms with Crippen LogP contribution in [-0.2, 0) is 0 Å². The summed E-state index contributed by atoms with van der Waals surface area (Å²) in [6, 6.07) is 0.431. The van der Waals surface area contributed by atoms with E-state index < -0.39 is 0 Å². The maximum absolute atomic E-state index is 4.34. The maximum atomic E-state index is 4.34. The molecule has 0 aliphatic rings. The van der Waals surface area contributed by atoms with E-state index in [0.29, 0.717) is 6.04 Å². The summed E-state index contributed by atoms with van der Waals surface area (Å²) in [5, 5.41) is 5.45. The Labute approximate surface area is 96.4 Å². The predicted octanol–water partition coefficient (Wildman–Crippen LogP) is 3.54. The molecule has 0 fully saturated rings. The minimum absolute atomic E-state index is 0.431. The third-order valence-electron chi connectivity index (χ3n) is 2.56. The zero-order valence-electron chi connectivity index (χ0n) is 9.41. The standard InChI is InChI=1S/C12H20N2S/c1-3-4-5-6-7-8-11(13-2)12-9-15-10-14-12/h3,9-11,13H,1,4-8H2,2H3. The molecule has 15 heavy (non-hydrogen) atoms. The summed E-state index contributed by atoms with van der Waals surface area (Å²) in [4.78, 5) is 4.34. The predicted molar refractivity (Wildman–Crippen MR) is 67.2 cm³/mol. The highest BCUT2D eigenvalue weighted by atomic mass is 32.1. The van der Waals surface area contributed by atoms with Gasteiger partial charge >= 0.3 is 0 Å². The molecule has 1 heterocycles. The number of thiazole rings is 1. The van der Waals surface area contributed by atoms with Crippen LogP contribution in [0.2, 0.25) is 0 Å². The van der Waals surface area contributed by atoms with Gasteiger partial charge in [-0.25, -0.2) is 4.98 Å². The summed E-state index contributed by atoms with van der Waals surface area (Å²) < 4.78 is 0. The molecular weight excluding hydrogens is 204 g/mol. The van der Waals surface area contributed by atoms with Gasteiger partial charge in [-0.1, -0.05) is 18.9 Å². The second-order valence-electron chi connectivity index (χ2n) is 3.68. The normalized spacial score (nSPS) is 12.6.